The Labute approximate surface area is 149 Å². The van der Waals surface area contributed by atoms with Crippen molar-refractivity contribution in [1.82, 2.24) is 10.6 Å². The maximum absolute atomic E-state index is 11.8. The number of rotatable bonds is 8. The van der Waals surface area contributed by atoms with Crippen LogP contribution >= 0.6 is 12.4 Å². The summed E-state index contributed by atoms with van der Waals surface area (Å²) in [5, 5.41) is 5.28. The van der Waals surface area contributed by atoms with E-state index < -0.39 is 11.6 Å². The Morgan fingerprint density at radius 1 is 1.17 bits per heavy atom. The van der Waals surface area contributed by atoms with Crippen molar-refractivity contribution in [2.75, 3.05) is 13.1 Å². The molecular formula is C17H28ClN3O3. The fourth-order valence-electron chi connectivity index (χ4n) is 1.81. The number of nitrogens with one attached hydrogen (secondary N) is 2. The number of hydrogen-bond donors (Lipinski definition) is 3. The van der Waals surface area contributed by atoms with Gasteiger partial charge in [-0.3, -0.25) is 9.59 Å². The molecule has 0 saturated heterocycles. The van der Waals surface area contributed by atoms with Gasteiger partial charge < -0.3 is 21.1 Å². The minimum Gasteiger partial charge on any atom is -0.486 e. The van der Waals surface area contributed by atoms with Crippen molar-refractivity contribution in [3.05, 3.63) is 30.3 Å². The molecule has 1 aromatic rings. The van der Waals surface area contributed by atoms with Crippen molar-refractivity contribution in [3.63, 3.8) is 0 Å². The molecule has 1 atom stereocenters. The predicted octanol–water partition coefficient (Wildman–Crippen LogP) is 1.48. The Morgan fingerprint density at radius 2 is 1.75 bits per heavy atom. The summed E-state index contributed by atoms with van der Waals surface area (Å²) in [6.07, 6.45) is 0. The second-order valence-corrected chi connectivity index (χ2v) is 6.44. The zero-order valence-electron chi connectivity index (χ0n) is 14.7. The number of carbonyl (C=O) groups excluding carboxylic acids is 2. The van der Waals surface area contributed by atoms with E-state index in [0.29, 0.717) is 6.54 Å². The Kier molecular flexibility index (Phi) is 9.40. The lowest BCUT2D eigenvalue weighted by molar-refractivity contribution is -0.127. The molecule has 0 unspecified atom stereocenters. The Hall–Kier alpha value is -1.79. The lowest BCUT2D eigenvalue weighted by Gasteiger charge is -2.27. The Bertz CT molecular complexity index is 521. The number of benzene rings is 1. The van der Waals surface area contributed by atoms with Gasteiger partial charge in [-0.05, 0) is 31.9 Å². The molecule has 0 radical (unpaired) electrons. The quantitative estimate of drug-likeness (QED) is 0.657. The number of hydrogen-bond acceptors (Lipinski definition) is 4. The standard InChI is InChI=1S/C17H27N3O3.ClH/c1-12(2)15(18)16(22)19-10-14(21)20-11-17(3,4)23-13-8-6-5-7-9-13;/h5-9,12,15H,10-11,18H2,1-4H3,(H,19,22)(H,20,21);1H/t15-;/m0./s1. The van der Waals surface area contributed by atoms with Gasteiger partial charge in [-0.1, -0.05) is 32.0 Å². The normalized spacial score (nSPS) is 12.1. The number of nitrogens with two attached hydrogens (primary N) is 1. The van der Waals surface area contributed by atoms with Crippen molar-refractivity contribution in [2.24, 2.45) is 11.7 Å². The molecular weight excluding hydrogens is 330 g/mol. The van der Waals surface area contributed by atoms with E-state index in [9.17, 15) is 9.59 Å². The van der Waals surface area contributed by atoms with Gasteiger partial charge in [-0.2, -0.15) is 0 Å². The van der Waals surface area contributed by atoms with Crippen LogP contribution in [0.15, 0.2) is 30.3 Å². The van der Waals surface area contributed by atoms with Gasteiger partial charge in [0, 0.05) is 0 Å². The summed E-state index contributed by atoms with van der Waals surface area (Å²) in [6, 6.07) is 8.79. The molecule has 0 aromatic heterocycles. The number of ether oxygens (including phenoxy) is 1. The fraction of sp³-hybridized carbons (Fsp3) is 0.529. The topological polar surface area (TPSA) is 93.5 Å². The summed E-state index contributed by atoms with van der Waals surface area (Å²) >= 11 is 0. The molecule has 7 heteroatoms. The van der Waals surface area contributed by atoms with Crippen LogP contribution in [0.2, 0.25) is 0 Å². The van der Waals surface area contributed by atoms with E-state index >= 15 is 0 Å². The van der Waals surface area contributed by atoms with Crippen LogP contribution in [0, 0.1) is 5.92 Å². The first kappa shape index (κ1) is 22.2. The highest BCUT2D eigenvalue weighted by Gasteiger charge is 2.22. The summed E-state index contributed by atoms with van der Waals surface area (Å²) in [7, 11) is 0. The third-order valence-corrected chi connectivity index (χ3v) is 3.29. The maximum Gasteiger partial charge on any atom is 0.239 e. The summed E-state index contributed by atoms with van der Waals surface area (Å²) < 4.78 is 5.83. The molecule has 136 valence electrons. The highest BCUT2D eigenvalue weighted by Crippen LogP contribution is 2.16. The third-order valence-electron chi connectivity index (χ3n) is 3.29. The molecule has 1 rings (SSSR count). The van der Waals surface area contributed by atoms with Crippen molar-refractivity contribution in [2.45, 2.75) is 39.3 Å². The first-order chi connectivity index (χ1) is 10.7. The van der Waals surface area contributed by atoms with Gasteiger partial charge in [0.25, 0.3) is 0 Å². The highest BCUT2D eigenvalue weighted by atomic mass is 35.5. The summed E-state index contributed by atoms with van der Waals surface area (Å²) in [4.78, 5) is 23.5. The Balaban J connectivity index is 0.00000529. The van der Waals surface area contributed by atoms with E-state index in [1.54, 1.807) is 0 Å². The molecule has 24 heavy (non-hydrogen) atoms. The van der Waals surface area contributed by atoms with Gasteiger partial charge in [0.1, 0.15) is 11.4 Å². The number of para-hydroxylation sites is 1. The Morgan fingerprint density at radius 3 is 2.29 bits per heavy atom. The molecule has 2 amide bonds. The van der Waals surface area contributed by atoms with Gasteiger partial charge in [0.2, 0.25) is 11.8 Å². The zero-order valence-corrected chi connectivity index (χ0v) is 15.5. The van der Waals surface area contributed by atoms with E-state index in [-0.39, 0.29) is 36.7 Å². The molecule has 0 aliphatic carbocycles. The van der Waals surface area contributed by atoms with Crippen LogP contribution in [-0.2, 0) is 9.59 Å². The third kappa shape index (κ3) is 8.17. The van der Waals surface area contributed by atoms with Gasteiger partial charge in [0.15, 0.2) is 0 Å². The van der Waals surface area contributed by atoms with E-state index in [4.69, 9.17) is 10.5 Å². The van der Waals surface area contributed by atoms with E-state index in [1.807, 2.05) is 58.0 Å². The van der Waals surface area contributed by atoms with Crippen LogP contribution < -0.4 is 21.1 Å². The van der Waals surface area contributed by atoms with E-state index in [1.165, 1.54) is 0 Å². The van der Waals surface area contributed by atoms with Crippen LogP contribution in [0.4, 0.5) is 0 Å². The van der Waals surface area contributed by atoms with Gasteiger partial charge in [-0.15, -0.1) is 12.4 Å². The van der Waals surface area contributed by atoms with Gasteiger partial charge in [-0.25, -0.2) is 0 Å². The monoisotopic (exact) mass is 357 g/mol. The lowest BCUT2D eigenvalue weighted by Crippen LogP contribution is -2.49. The summed E-state index contributed by atoms with van der Waals surface area (Å²) in [6.45, 7) is 7.70. The average molecular weight is 358 g/mol. The largest absolute Gasteiger partial charge is 0.486 e. The van der Waals surface area contributed by atoms with Crippen LogP contribution in [0.5, 0.6) is 5.75 Å². The molecule has 6 nitrogen and oxygen atoms in total. The number of amides is 2. The van der Waals surface area contributed by atoms with Crippen LogP contribution in [0.1, 0.15) is 27.7 Å². The molecule has 0 spiro atoms. The highest BCUT2D eigenvalue weighted by molar-refractivity contribution is 5.87. The van der Waals surface area contributed by atoms with Gasteiger partial charge in [0.05, 0.1) is 19.1 Å². The minimum atomic E-state index is -0.611. The molecule has 0 fully saturated rings. The first-order valence-corrected chi connectivity index (χ1v) is 7.75. The molecule has 0 saturated carbocycles. The molecule has 1 aromatic carbocycles. The van der Waals surface area contributed by atoms with Crippen LogP contribution in [0.25, 0.3) is 0 Å². The average Bonchev–Trinajstić information content (AvgIpc) is 2.50. The van der Waals surface area contributed by atoms with Crippen molar-refractivity contribution >= 4 is 24.2 Å². The van der Waals surface area contributed by atoms with E-state index in [0.717, 1.165) is 5.75 Å². The number of halogens is 1. The van der Waals surface area contributed by atoms with Crippen molar-refractivity contribution in [3.8, 4) is 5.75 Å². The van der Waals surface area contributed by atoms with Gasteiger partial charge >= 0.3 is 0 Å². The minimum absolute atomic E-state index is 0. The zero-order chi connectivity index (χ0) is 17.5. The molecule has 0 aliphatic rings. The predicted molar refractivity (Wildman–Crippen MR) is 97.2 cm³/mol. The summed E-state index contributed by atoms with van der Waals surface area (Å²) in [5.74, 6) is 0.160. The van der Waals surface area contributed by atoms with Crippen molar-refractivity contribution in [1.29, 1.82) is 0 Å². The summed E-state index contributed by atoms with van der Waals surface area (Å²) in [5.41, 5.74) is 5.15. The smallest absolute Gasteiger partial charge is 0.239 e. The lowest BCUT2D eigenvalue weighted by atomic mass is 10.1. The molecule has 0 heterocycles. The van der Waals surface area contributed by atoms with Crippen LogP contribution in [0.3, 0.4) is 0 Å². The molecule has 4 N–H and O–H groups in total. The SMILES string of the molecule is CC(C)[C@H](N)C(=O)NCC(=O)NCC(C)(C)Oc1ccccc1.Cl. The molecule has 0 aliphatic heterocycles. The van der Waals surface area contributed by atoms with E-state index in [2.05, 4.69) is 10.6 Å². The molecule has 0 bridgehead atoms. The van der Waals surface area contributed by atoms with Crippen LogP contribution in [-0.4, -0.2) is 36.5 Å². The first-order valence-electron chi connectivity index (χ1n) is 7.75. The fourth-order valence-corrected chi connectivity index (χ4v) is 1.81. The maximum atomic E-state index is 11.8. The second kappa shape index (κ2) is 10.2. The second-order valence-electron chi connectivity index (χ2n) is 6.44. The van der Waals surface area contributed by atoms with Crippen molar-refractivity contribution < 1.29 is 14.3 Å². The number of carbonyl (C=O) groups is 2.